The fraction of sp³-hybridized carbons (Fsp3) is 0.417. The van der Waals surface area contributed by atoms with Crippen LogP contribution in [0.15, 0.2) is 12.1 Å². The van der Waals surface area contributed by atoms with Crippen molar-refractivity contribution in [3.05, 3.63) is 29.3 Å². The van der Waals surface area contributed by atoms with E-state index in [9.17, 15) is 17.2 Å². The van der Waals surface area contributed by atoms with Crippen LogP contribution in [0.3, 0.4) is 0 Å². The number of anilines is 1. The average molecular weight is 286 g/mol. The van der Waals surface area contributed by atoms with Crippen LogP contribution in [0.4, 0.5) is 14.5 Å². The first-order valence-corrected chi connectivity index (χ1v) is 7.48. The zero-order valence-corrected chi connectivity index (χ0v) is 11.0. The lowest BCUT2D eigenvalue weighted by atomic mass is 10.1. The topological polar surface area (TPSA) is 61.2 Å². The molecular formula is C12H12F2N2O2S. The van der Waals surface area contributed by atoms with Crippen LogP contribution in [0.2, 0.25) is 0 Å². The predicted octanol–water partition coefficient (Wildman–Crippen LogP) is 1.46. The van der Waals surface area contributed by atoms with Crippen molar-refractivity contribution in [1.82, 2.24) is 0 Å². The van der Waals surface area contributed by atoms with Crippen molar-refractivity contribution in [2.45, 2.75) is 12.5 Å². The number of halogens is 2. The number of nitrogens with zero attached hydrogens (tertiary/aromatic N) is 2. The molecule has 7 heteroatoms. The van der Waals surface area contributed by atoms with Gasteiger partial charge in [0.1, 0.15) is 5.69 Å². The molecule has 0 aromatic heterocycles. The lowest BCUT2D eigenvalue weighted by Crippen LogP contribution is -2.33. The van der Waals surface area contributed by atoms with Gasteiger partial charge in [0.25, 0.3) is 0 Å². The van der Waals surface area contributed by atoms with Crippen LogP contribution in [0.25, 0.3) is 0 Å². The third kappa shape index (κ3) is 2.68. The van der Waals surface area contributed by atoms with Gasteiger partial charge in [-0.3, -0.25) is 0 Å². The largest absolute Gasteiger partial charge is 0.366 e. The Hall–Kier alpha value is -1.68. The normalized spacial score (nSPS) is 21.1. The number of sulfone groups is 1. The molecule has 19 heavy (non-hydrogen) atoms. The Kier molecular flexibility index (Phi) is 3.45. The van der Waals surface area contributed by atoms with Gasteiger partial charge < -0.3 is 4.90 Å². The van der Waals surface area contributed by atoms with Crippen LogP contribution >= 0.6 is 0 Å². The summed E-state index contributed by atoms with van der Waals surface area (Å²) in [6.45, 7) is 0. The zero-order chi connectivity index (χ0) is 14.2. The fourth-order valence-electron chi connectivity index (χ4n) is 2.23. The first kappa shape index (κ1) is 13.7. The van der Waals surface area contributed by atoms with Gasteiger partial charge in [-0.25, -0.2) is 17.2 Å². The molecule has 1 atom stereocenters. The smallest absolute Gasteiger partial charge is 0.152 e. The standard InChI is InChI=1S/C12H12F2N2O2S/c1-16(9-2-3-19(17,18)7-9)12-10(13)4-8(6-15)5-11(12)14/h4-5,9H,2-3,7H2,1H3. The minimum Gasteiger partial charge on any atom is -0.366 e. The Bertz CT molecular complexity index is 629. The molecule has 0 saturated carbocycles. The Labute approximate surface area is 110 Å². The summed E-state index contributed by atoms with van der Waals surface area (Å²) in [5.41, 5.74) is -0.396. The van der Waals surface area contributed by atoms with E-state index in [0.29, 0.717) is 6.42 Å². The molecule has 0 radical (unpaired) electrons. The molecule has 1 aromatic carbocycles. The van der Waals surface area contributed by atoms with Gasteiger partial charge in [-0.1, -0.05) is 0 Å². The highest BCUT2D eigenvalue weighted by Crippen LogP contribution is 2.28. The van der Waals surface area contributed by atoms with Gasteiger partial charge in [0.2, 0.25) is 0 Å². The summed E-state index contributed by atoms with van der Waals surface area (Å²) < 4.78 is 50.4. The van der Waals surface area contributed by atoms with Crippen LogP contribution in [-0.2, 0) is 9.84 Å². The van der Waals surface area contributed by atoms with Crippen LogP contribution in [0.5, 0.6) is 0 Å². The Morgan fingerprint density at radius 3 is 2.37 bits per heavy atom. The van der Waals surface area contributed by atoms with Crippen LogP contribution in [0, 0.1) is 23.0 Å². The Balaban J connectivity index is 2.35. The van der Waals surface area contributed by atoms with Crippen molar-refractivity contribution in [2.24, 2.45) is 0 Å². The van der Waals surface area contributed by atoms with Gasteiger partial charge in [0.05, 0.1) is 23.1 Å². The van der Waals surface area contributed by atoms with E-state index in [4.69, 9.17) is 5.26 Å². The van der Waals surface area contributed by atoms with Gasteiger partial charge in [-0.15, -0.1) is 0 Å². The number of hydrogen-bond donors (Lipinski definition) is 0. The van der Waals surface area contributed by atoms with Gasteiger partial charge in [0.15, 0.2) is 21.5 Å². The van der Waals surface area contributed by atoms with Gasteiger partial charge in [-0.05, 0) is 18.6 Å². The second-order valence-electron chi connectivity index (χ2n) is 4.57. The molecule has 2 rings (SSSR count). The summed E-state index contributed by atoms with van der Waals surface area (Å²) in [4.78, 5) is 1.30. The second kappa shape index (κ2) is 4.78. The van der Waals surface area contributed by atoms with Crippen molar-refractivity contribution < 1.29 is 17.2 Å². The summed E-state index contributed by atoms with van der Waals surface area (Å²) in [7, 11) is -1.67. The first-order valence-electron chi connectivity index (χ1n) is 5.66. The molecule has 1 aliphatic rings. The highest BCUT2D eigenvalue weighted by molar-refractivity contribution is 7.91. The van der Waals surface area contributed by atoms with Crippen molar-refractivity contribution in [3.8, 4) is 6.07 Å². The van der Waals surface area contributed by atoms with E-state index in [-0.39, 0.29) is 22.8 Å². The van der Waals surface area contributed by atoms with E-state index in [0.717, 1.165) is 12.1 Å². The minimum atomic E-state index is -3.13. The fourth-order valence-corrected chi connectivity index (χ4v) is 4.00. The molecule has 4 nitrogen and oxygen atoms in total. The van der Waals surface area contributed by atoms with Crippen LogP contribution in [0.1, 0.15) is 12.0 Å². The van der Waals surface area contributed by atoms with Crippen LogP contribution < -0.4 is 4.90 Å². The van der Waals surface area contributed by atoms with E-state index >= 15 is 0 Å². The monoisotopic (exact) mass is 286 g/mol. The summed E-state index contributed by atoms with van der Waals surface area (Å²) >= 11 is 0. The van der Waals surface area contributed by atoms with E-state index in [1.807, 2.05) is 0 Å². The molecule has 0 N–H and O–H groups in total. The molecule has 1 aromatic rings. The summed E-state index contributed by atoms with van der Waals surface area (Å²) in [5, 5.41) is 8.62. The van der Waals surface area contributed by atoms with Crippen molar-refractivity contribution >= 4 is 15.5 Å². The third-order valence-corrected chi connectivity index (χ3v) is 5.01. The highest BCUT2D eigenvalue weighted by atomic mass is 32.2. The Morgan fingerprint density at radius 2 is 1.95 bits per heavy atom. The number of benzene rings is 1. The molecule has 102 valence electrons. The molecular weight excluding hydrogens is 274 g/mol. The average Bonchev–Trinajstić information content (AvgIpc) is 2.68. The molecule has 1 fully saturated rings. The predicted molar refractivity (Wildman–Crippen MR) is 66.5 cm³/mol. The molecule has 0 amide bonds. The van der Waals surface area contributed by atoms with Crippen LogP contribution in [-0.4, -0.2) is 33.0 Å². The molecule has 1 unspecified atom stereocenters. The summed E-state index contributed by atoms with van der Waals surface area (Å²) in [6, 6.07) is 3.11. The molecule has 1 heterocycles. The van der Waals surface area contributed by atoms with E-state index in [2.05, 4.69) is 0 Å². The second-order valence-corrected chi connectivity index (χ2v) is 6.80. The van der Waals surface area contributed by atoms with E-state index in [1.54, 1.807) is 6.07 Å². The molecule has 0 bridgehead atoms. The number of rotatable bonds is 2. The van der Waals surface area contributed by atoms with Crippen molar-refractivity contribution in [3.63, 3.8) is 0 Å². The lowest BCUT2D eigenvalue weighted by molar-refractivity contribution is 0.561. The minimum absolute atomic E-state index is 0.0293. The van der Waals surface area contributed by atoms with Gasteiger partial charge in [0, 0.05) is 13.1 Å². The highest BCUT2D eigenvalue weighted by Gasteiger charge is 2.32. The molecule has 0 aliphatic carbocycles. The van der Waals surface area contributed by atoms with Crippen molar-refractivity contribution in [1.29, 1.82) is 5.26 Å². The first-order chi connectivity index (χ1) is 8.84. The maximum absolute atomic E-state index is 13.8. The van der Waals surface area contributed by atoms with E-state index in [1.165, 1.54) is 11.9 Å². The lowest BCUT2D eigenvalue weighted by Gasteiger charge is -2.26. The van der Waals surface area contributed by atoms with E-state index < -0.39 is 27.5 Å². The molecule has 1 saturated heterocycles. The molecule has 1 aliphatic heterocycles. The van der Waals surface area contributed by atoms with Crippen molar-refractivity contribution in [2.75, 3.05) is 23.5 Å². The summed E-state index contributed by atoms with van der Waals surface area (Å²) in [6.07, 6.45) is 0.345. The summed E-state index contributed by atoms with van der Waals surface area (Å²) in [5.74, 6) is -1.80. The molecule has 0 spiro atoms. The zero-order valence-electron chi connectivity index (χ0n) is 10.2. The quantitative estimate of drug-likeness (QED) is 0.826. The number of nitriles is 1. The maximum atomic E-state index is 13.8. The third-order valence-electron chi connectivity index (χ3n) is 3.25. The van der Waals surface area contributed by atoms with Gasteiger partial charge in [-0.2, -0.15) is 5.26 Å². The maximum Gasteiger partial charge on any atom is 0.152 e. The Morgan fingerprint density at radius 1 is 1.37 bits per heavy atom. The number of hydrogen-bond acceptors (Lipinski definition) is 4. The SMILES string of the molecule is CN(c1c(F)cc(C#N)cc1F)C1CCS(=O)(=O)C1. The van der Waals surface area contributed by atoms with Gasteiger partial charge >= 0.3 is 0 Å².